The molecule has 1 unspecified atom stereocenters. The number of primary amides is 1. The van der Waals surface area contributed by atoms with Crippen LogP contribution in [0, 0.1) is 5.92 Å². The first kappa shape index (κ1) is 21.2. The third-order valence-electron chi connectivity index (χ3n) is 6.68. The first-order valence-corrected chi connectivity index (χ1v) is 10.7. The number of quaternary nitrogens is 1. The average Bonchev–Trinajstić information content (AvgIpc) is 3.12. The normalized spacial score (nSPS) is 26.9. The lowest BCUT2D eigenvalue weighted by atomic mass is 9.83. The van der Waals surface area contributed by atoms with Gasteiger partial charge in [0.1, 0.15) is 12.6 Å². The fourth-order valence-corrected chi connectivity index (χ4v) is 5.32. The number of likely N-dealkylation sites (tertiary alicyclic amines) is 1. The van der Waals surface area contributed by atoms with Crippen molar-refractivity contribution in [2.24, 2.45) is 23.1 Å². The number of halogens is 1. The molecular formula is C21H32ClN4O2+. The summed E-state index contributed by atoms with van der Waals surface area (Å²) in [5.74, 6) is -0.312. The molecule has 154 valence electrons. The molecule has 0 bridgehead atoms. The summed E-state index contributed by atoms with van der Waals surface area (Å²) in [5, 5.41) is 0.587. The Morgan fingerprint density at radius 1 is 1.11 bits per heavy atom. The van der Waals surface area contributed by atoms with Crippen LogP contribution in [0.25, 0.3) is 0 Å². The fourth-order valence-electron chi connectivity index (χ4n) is 5.12. The van der Waals surface area contributed by atoms with Crippen molar-refractivity contribution in [1.29, 1.82) is 0 Å². The van der Waals surface area contributed by atoms with E-state index in [1.54, 1.807) is 6.07 Å². The van der Waals surface area contributed by atoms with Crippen molar-refractivity contribution in [1.82, 2.24) is 0 Å². The number of nitrogens with zero attached hydrogens (tertiary/aromatic N) is 1. The molecule has 3 rings (SSSR count). The van der Waals surface area contributed by atoms with Crippen molar-refractivity contribution in [2.45, 2.75) is 70.1 Å². The van der Waals surface area contributed by atoms with E-state index in [-0.39, 0.29) is 16.3 Å². The molecule has 2 fully saturated rings. The van der Waals surface area contributed by atoms with Crippen molar-refractivity contribution >= 4 is 23.4 Å². The fraction of sp³-hybridized carbons (Fsp3) is 0.619. The Labute approximate surface area is 172 Å². The molecule has 1 aliphatic heterocycles. The smallest absolute Gasteiger partial charge is 0.331 e. The Balaban J connectivity index is 1.98. The van der Waals surface area contributed by atoms with Gasteiger partial charge in [-0.3, -0.25) is 4.79 Å². The first-order valence-electron chi connectivity index (χ1n) is 10.3. The molecule has 1 aromatic carbocycles. The van der Waals surface area contributed by atoms with Crippen molar-refractivity contribution in [2.75, 3.05) is 6.54 Å². The molecular weight excluding hydrogens is 376 g/mol. The zero-order valence-electron chi connectivity index (χ0n) is 16.4. The van der Waals surface area contributed by atoms with Gasteiger partial charge in [-0.15, -0.1) is 0 Å². The van der Waals surface area contributed by atoms with Gasteiger partial charge in [0, 0.05) is 30.0 Å². The van der Waals surface area contributed by atoms with Crippen LogP contribution in [0.3, 0.4) is 0 Å². The quantitative estimate of drug-likeness (QED) is 0.627. The Hall–Kier alpha value is -1.47. The monoisotopic (exact) mass is 407 g/mol. The summed E-state index contributed by atoms with van der Waals surface area (Å²) in [6.45, 7) is 1.28. The number of nitrogens with two attached hydrogens (primary N) is 3. The van der Waals surface area contributed by atoms with Gasteiger partial charge in [0.15, 0.2) is 6.04 Å². The van der Waals surface area contributed by atoms with Gasteiger partial charge in [-0.25, -0.2) is 9.28 Å². The molecule has 6 nitrogen and oxygen atoms in total. The molecule has 3 atom stereocenters. The maximum Gasteiger partial charge on any atom is 0.331 e. The number of carbonyl (C=O) groups is 2. The number of hydrogen-bond acceptors (Lipinski definition) is 4. The van der Waals surface area contributed by atoms with Crippen molar-refractivity contribution in [3.63, 3.8) is 0 Å². The third-order valence-corrected chi connectivity index (χ3v) is 6.92. The standard InChI is InChI=1S/C21H31ClN4O2/c22-17-9-8-15(12-23)16(11-17)13-26(10-4-7-18(26)20(25)27)21(28)19(24)14-5-2-1-3-6-14/h8-9,11,14,18-19H,1-7,10,12-13,23-24H2,(H-,25,27)/p+1/t18-,19+,26?/m0/s1. The Morgan fingerprint density at radius 3 is 2.46 bits per heavy atom. The van der Waals surface area contributed by atoms with Crippen LogP contribution in [-0.2, 0) is 22.7 Å². The second-order valence-corrected chi connectivity index (χ2v) is 8.79. The highest BCUT2D eigenvalue weighted by molar-refractivity contribution is 6.30. The molecule has 0 radical (unpaired) electrons. The molecule has 28 heavy (non-hydrogen) atoms. The molecule has 0 spiro atoms. The van der Waals surface area contributed by atoms with E-state index in [0.717, 1.165) is 43.2 Å². The number of benzene rings is 1. The van der Waals surface area contributed by atoms with Gasteiger partial charge >= 0.3 is 5.91 Å². The van der Waals surface area contributed by atoms with Crippen LogP contribution in [-0.4, -0.2) is 34.9 Å². The summed E-state index contributed by atoms with van der Waals surface area (Å²) >= 11 is 6.22. The molecule has 7 heteroatoms. The second kappa shape index (κ2) is 8.91. The van der Waals surface area contributed by atoms with Crippen molar-refractivity contribution in [3.05, 3.63) is 34.3 Å². The van der Waals surface area contributed by atoms with Crippen LogP contribution < -0.4 is 17.2 Å². The maximum absolute atomic E-state index is 13.7. The summed E-state index contributed by atoms with van der Waals surface area (Å²) < 4.78 is 0.000340. The Morgan fingerprint density at radius 2 is 1.82 bits per heavy atom. The van der Waals surface area contributed by atoms with E-state index in [4.69, 9.17) is 28.8 Å². The molecule has 1 saturated carbocycles. The van der Waals surface area contributed by atoms with Crippen LogP contribution in [0.4, 0.5) is 0 Å². The lowest BCUT2D eigenvalue weighted by Gasteiger charge is -2.40. The molecule has 1 aliphatic carbocycles. The predicted molar refractivity (Wildman–Crippen MR) is 110 cm³/mol. The predicted octanol–water partition coefficient (Wildman–Crippen LogP) is 2.20. The van der Waals surface area contributed by atoms with Crippen LogP contribution in [0.5, 0.6) is 0 Å². The van der Waals surface area contributed by atoms with E-state index in [0.29, 0.717) is 31.1 Å². The zero-order valence-corrected chi connectivity index (χ0v) is 17.2. The number of hydrogen-bond donors (Lipinski definition) is 3. The van der Waals surface area contributed by atoms with Gasteiger partial charge in [0.25, 0.3) is 5.91 Å². The van der Waals surface area contributed by atoms with Crippen LogP contribution in [0.1, 0.15) is 56.1 Å². The Bertz CT molecular complexity index is 735. The van der Waals surface area contributed by atoms with Gasteiger partial charge in [-0.05, 0) is 36.5 Å². The topological polar surface area (TPSA) is 112 Å². The molecule has 1 heterocycles. The van der Waals surface area contributed by atoms with E-state index in [1.165, 1.54) is 6.42 Å². The molecule has 6 N–H and O–H groups in total. The number of rotatable bonds is 6. The zero-order chi connectivity index (χ0) is 20.3. The second-order valence-electron chi connectivity index (χ2n) is 8.36. The highest BCUT2D eigenvalue weighted by Gasteiger charge is 2.53. The number of amides is 2. The largest absolute Gasteiger partial charge is 0.364 e. The third kappa shape index (κ3) is 4.10. The summed E-state index contributed by atoms with van der Waals surface area (Å²) in [6, 6.07) is 4.41. The van der Waals surface area contributed by atoms with Gasteiger partial charge in [-0.1, -0.05) is 36.9 Å². The minimum absolute atomic E-state index is 0.000340. The minimum atomic E-state index is -0.569. The van der Waals surface area contributed by atoms with Gasteiger partial charge in [0.2, 0.25) is 0 Å². The van der Waals surface area contributed by atoms with Crippen molar-refractivity contribution in [3.8, 4) is 0 Å². The molecule has 1 aromatic rings. The van der Waals surface area contributed by atoms with E-state index in [2.05, 4.69) is 0 Å². The van der Waals surface area contributed by atoms with E-state index >= 15 is 0 Å². The summed E-state index contributed by atoms with van der Waals surface area (Å²) in [5.41, 5.74) is 20.0. The van der Waals surface area contributed by atoms with E-state index in [1.807, 2.05) is 12.1 Å². The molecule has 2 aliphatic rings. The van der Waals surface area contributed by atoms with Crippen LogP contribution in [0.2, 0.25) is 5.02 Å². The Kier molecular flexibility index (Phi) is 6.76. The molecule has 2 amide bonds. The highest BCUT2D eigenvalue weighted by Crippen LogP contribution is 2.35. The van der Waals surface area contributed by atoms with Crippen LogP contribution >= 0.6 is 11.6 Å². The average molecular weight is 408 g/mol. The molecule has 1 saturated heterocycles. The number of carbonyl (C=O) groups excluding carboxylic acids is 2. The van der Waals surface area contributed by atoms with Gasteiger partial charge in [-0.2, -0.15) is 0 Å². The first-order chi connectivity index (χ1) is 13.4. The van der Waals surface area contributed by atoms with E-state index < -0.39 is 18.0 Å². The lowest BCUT2D eigenvalue weighted by molar-refractivity contribution is -0.871. The summed E-state index contributed by atoms with van der Waals surface area (Å²) in [6.07, 6.45) is 6.74. The minimum Gasteiger partial charge on any atom is -0.364 e. The highest BCUT2D eigenvalue weighted by atomic mass is 35.5. The SMILES string of the molecule is NCc1ccc(Cl)cc1C[N+]1(C(=O)[C@H](N)C2CCCCC2)CCC[C@H]1C(N)=O. The van der Waals surface area contributed by atoms with Gasteiger partial charge < -0.3 is 17.2 Å². The summed E-state index contributed by atoms with van der Waals surface area (Å²) in [7, 11) is 0. The maximum atomic E-state index is 13.7. The molecule has 0 aromatic heterocycles. The van der Waals surface area contributed by atoms with Crippen LogP contribution in [0.15, 0.2) is 18.2 Å². The summed E-state index contributed by atoms with van der Waals surface area (Å²) in [4.78, 5) is 26.0. The van der Waals surface area contributed by atoms with Crippen molar-refractivity contribution < 1.29 is 14.1 Å². The van der Waals surface area contributed by atoms with Gasteiger partial charge in [0.05, 0.1) is 6.54 Å². The van der Waals surface area contributed by atoms with E-state index in [9.17, 15) is 9.59 Å². The lowest BCUT2D eigenvalue weighted by Crippen LogP contribution is -2.65.